The fourth-order valence-electron chi connectivity index (χ4n) is 1.73. The lowest BCUT2D eigenvalue weighted by Crippen LogP contribution is -2.43. The molecule has 1 rings (SSSR count). The molecule has 0 saturated carbocycles. The molecule has 1 saturated heterocycles. The summed E-state index contributed by atoms with van der Waals surface area (Å²) < 4.78 is 0. The van der Waals surface area contributed by atoms with E-state index in [1.54, 1.807) is 6.92 Å². The molecule has 0 spiro atoms. The van der Waals surface area contributed by atoms with Gasteiger partial charge in [0.25, 0.3) is 0 Å². The van der Waals surface area contributed by atoms with E-state index in [0.717, 1.165) is 25.9 Å². The van der Waals surface area contributed by atoms with Gasteiger partial charge in [0.2, 0.25) is 5.91 Å². The number of hydrogen-bond acceptors (Lipinski definition) is 3. The van der Waals surface area contributed by atoms with Crippen LogP contribution in [0.1, 0.15) is 26.7 Å². The number of Topliss-reactive ketones (excluding diaryl/α,β-unsaturated/α-hetero) is 1. The van der Waals surface area contributed by atoms with Crippen LogP contribution >= 0.6 is 0 Å². The van der Waals surface area contributed by atoms with Gasteiger partial charge in [-0.1, -0.05) is 0 Å². The molecule has 0 aliphatic carbocycles. The molecule has 1 fully saturated rings. The lowest BCUT2D eigenvalue weighted by atomic mass is 10.2. The first-order valence-corrected chi connectivity index (χ1v) is 5.51. The second-order valence-corrected chi connectivity index (χ2v) is 4.29. The van der Waals surface area contributed by atoms with Crippen molar-refractivity contribution in [2.24, 2.45) is 0 Å². The summed E-state index contributed by atoms with van der Waals surface area (Å²) in [4.78, 5) is 26.6. The fraction of sp³-hybridized carbons (Fsp3) is 0.818. The van der Waals surface area contributed by atoms with Gasteiger partial charge in [-0.25, -0.2) is 0 Å². The highest BCUT2D eigenvalue weighted by Crippen LogP contribution is 2.08. The molecule has 1 aliphatic heterocycles. The van der Waals surface area contributed by atoms with Crippen molar-refractivity contribution in [3.05, 3.63) is 0 Å². The van der Waals surface area contributed by atoms with E-state index in [0.29, 0.717) is 6.54 Å². The lowest BCUT2D eigenvalue weighted by Gasteiger charge is -2.24. The first-order chi connectivity index (χ1) is 7.02. The lowest BCUT2D eigenvalue weighted by molar-refractivity contribution is -0.132. The van der Waals surface area contributed by atoms with Gasteiger partial charge in [-0.05, 0) is 33.7 Å². The first-order valence-electron chi connectivity index (χ1n) is 5.51. The van der Waals surface area contributed by atoms with Crippen molar-refractivity contribution in [1.82, 2.24) is 9.80 Å². The normalized spacial score (nSPS) is 18.3. The number of nitrogens with zero attached hydrogens (tertiary/aromatic N) is 2. The molecule has 86 valence electrons. The first kappa shape index (κ1) is 12.2. The van der Waals surface area contributed by atoms with Crippen molar-refractivity contribution < 1.29 is 9.59 Å². The van der Waals surface area contributed by atoms with E-state index in [1.807, 2.05) is 23.8 Å². The van der Waals surface area contributed by atoms with Crippen LogP contribution < -0.4 is 0 Å². The van der Waals surface area contributed by atoms with Gasteiger partial charge in [-0.15, -0.1) is 0 Å². The van der Waals surface area contributed by atoms with E-state index in [-0.39, 0.29) is 17.7 Å². The average Bonchev–Trinajstić information content (AvgIpc) is 2.68. The van der Waals surface area contributed by atoms with Crippen LogP contribution in [0.3, 0.4) is 0 Å². The molecule has 0 aromatic heterocycles. The van der Waals surface area contributed by atoms with E-state index >= 15 is 0 Å². The van der Waals surface area contributed by atoms with E-state index in [2.05, 4.69) is 0 Å². The summed E-state index contributed by atoms with van der Waals surface area (Å²) in [5.74, 6) is 0.245. The van der Waals surface area contributed by atoms with Gasteiger partial charge >= 0.3 is 0 Å². The summed E-state index contributed by atoms with van der Waals surface area (Å²) in [6.45, 7) is 5.49. The Morgan fingerprint density at radius 2 is 1.87 bits per heavy atom. The molecule has 0 bridgehead atoms. The SMILES string of the molecule is CC(=O)C(C)N(C)CC(=O)N1CCCC1. The topological polar surface area (TPSA) is 40.6 Å². The van der Waals surface area contributed by atoms with Crippen LogP contribution in [0.15, 0.2) is 0 Å². The summed E-state index contributed by atoms with van der Waals surface area (Å²) in [6.07, 6.45) is 2.22. The molecular weight excluding hydrogens is 192 g/mol. The van der Waals surface area contributed by atoms with Crippen LogP contribution in [-0.2, 0) is 9.59 Å². The van der Waals surface area contributed by atoms with Crippen molar-refractivity contribution in [1.29, 1.82) is 0 Å². The Hall–Kier alpha value is -0.900. The van der Waals surface area contributed by atoms with Crippen LogP contribution in [-0.4, -0.2) is 54.2 Å². The number of ketones is 1. The minimum Gasteiger partial charge on any atom is -0.342 e. The average molecular weight is 212 g/mol. The zero-order valence-electron chi connectivity index (χ0n) is 9.82. The third kappa shape index (κ3) is 3.30. The van der Waals surface area contributed by atoms with Crippen LogP contribution in [0.2, 0.25) is 0 Å². The van der Waals surface area contributed by atoms with E-state index in [9.17, 15) is 9.59 Å². The summed E-state index contributed by atoms with van der Waals surface area (Å²) >= 11 is 0. The van der Waals surface area contributed by atoms with Crippen LogP contribution in [0.5, 0.6) is 0 Å². The number of likely N-dealkylation sites (N-methyl/N-ethyl adjacent to an activating group) is 1. The van der Waals surface area contributed by atoms with Gasteiger partial charge in [-0.2, -0.15) is 0 Å². The maximum atomic E-state index is 11.8. The Morgan fingerprint density at radius 3 is 2.33 bits per heavy atom. The summed E-state index contributed by atoms with van der Waals surface area (Å²) in [6, 6.07) is -0.170. The van der Waals surface area contributed by atoms with E-state index in [1.165, 1.54) is 0 Å². The molecule has 1 amide bonds. The third-order valence-electron chi connectivity index (χ3n) is 3.09. The molecule has 1 heterocycles. The number of likely N-dealkylation sites (tertiary alicyclic amines) is 1. The van der Waals surface area contributed by atoms with Gasteiger partial charge in [0.05, 0.1) is 12.6 Å². The van der Waals surface area contributed by atoms with E-state index in [4.69, 9.17) is 0 Å². The number of carbonyl (C=O) groups is 2. The molecule has 0 N–H and O–H groups in total. The second kappa shape index (κ2) is 5.26. The fourth-order valence-corrected chi connectivity index (χ4v) is 1.73. The molecule has 1 atom stereocenters. The minimum absolute atomic E-state index is 0.103. The Bertz CT molecular complexity index is 247. The molecule has 4 heteroatoms. The number of amides is 1. The monoisotopic (exact) mass is 212 g/mol. The zero-order chi connectivity index (χ0) is 11.4. The molecule has 0 aromatic rings. The standard InChI is InChI=1S/C11H20N2O2/c1-9(10(2)14)12(3)8-11(15)13-6-4-5-7-13/h9H,4-8H2,1-3H3. The molecule has 15 heavy (non-hydrogen) atoms. The number of hydrogen-bond donors (Lipinski definition) is 0. The second-order valence-electron chi connectivity index (χ2n) is 4.29. The Morgan fingerprint density at radius 1 is 1.33 bits per heavy atom. The summed E-state index contributed by atoms with van der Waals surface area (Å²) in [5, 5.41) is 0. The Balaban J connectivity index is 2.39. The van der Waals surface area contributed by atoms with Crippen molar-refractivity contribution in [3.63, 3.8) is 0 Å². The van der Waals surface area contributed by atoms with Gasteiger partial charge in [0.15, 0.2) is 0 Å². The number of rotatable bonds is 4. The van der Waals surface area contributed by atoms with Gasteiger partial charge in [-0.3, -0.25) is 14.5 Å². The van der Waals surface area contributed by atoms with Crippen LogP contribution in [0.4, 0.5) is 0 Å². The predicted molar refractivity (Wildman–Crippen MR) is 58.6 cm³/mol. The minimum atomic E-state index is -0.170. The predicted octanol–water partition coefficient (Wildman–Crippen LogP) is 0.518. The van der Waals surface area contributed by atoms with Crippen molar-refractivity contribution in [2.45, 2.75) is 32.7 Å². The quantitative estimate of drug-likeness (QED) is 0.682. The molecule has 0 radical (unpaired) electrons. The smallest absolute Gasteiger partial charge is 0.236 e. The highest BCUT2D eigenvalue weighted by Gasteiger charge is 2.22. The maximum Gasteiger partial charge on any atom is 0.236 e. The van der Waals surface area contributed by atoms with Gasteiger partial charge < -0.3 is 4.90 Å². The Kier molecular flexibility index (Phi) is 4.27. The molecular formula is C11H20N2O2. The largest absolute Gasteiger partial charge is 0.342 e. The molecule has 4 nitrogen and oxygen atoms in total. The van der Waals surface area contributed by atoms with Gasteiger partial charge in [0.1, 0.15) is 5.78 Å². The highest BCUT2D eigenvalue weighted by atomic mass is 16.2. The molecule has 1 unspecified atom stereocenters. The molecule has 0 aromatic carbocycles. The van der Waals surface area contributed by atoms with Crippen molar-refractivity contribution in [2.75, 3.05) is 26.7 Å². The van der Waals surface area contributed by atoms with Crippen molar-refractivity contribution in [3.8, 4) is 0 Å². The van der Waals surface area contributed by atoms with Gasteiger partial charge in [0, 0.05) is 13.1 Å². The summed E-state index contributed by atoms with van der Waals surface area (Å²) in [5.41, 5.74) is 0. The Labute approximate surface area is 91.2 Å². The van der Waals surface area contributed by atoms with Crippen LogP contribution in [0, 0.1) is 0 Å². The molecule has 1 aliphatic rings. The highest BCUT2D eigenvalue weighted by molar-refractivity contribution is 5.83. The number of carbonyl (C=O) groups excluding carboxylic acids is 2. The third-order valence-corrected chi connectivity index (χ3v) is 3.09. The van der Waals surface area contributed by atoms with Crippen LogP contribution in [0.25, 0.3) is 0 Å². The zero-order valence-corrected chi connectivity index (χ0v) is 9.82. The summed E-state index contributed by atoms with van der Waals surface area (Å²) in [7, 11) is 1.82. The van der Waals surface area contributed by atoms with E-state index < -0.39 is 0 Å². The maximum absolute atomic E-state index is 11.8. The van der Waals surface area contributed by atoms with Crippen molar-refractivity contribution >= 4 is 11.7 Å².